The first-order valence-electron chi connectivity index (χ1n) is 6.38. The summed E-state index contributed by atoms with van der Waals surface area (Å²) in [6.45, 7) is 1.75. The number of halogens is 3. The molecule has 1 aromatic heterocycles. The molecule has 0 bridgehead atoms. The van der Waals surface area contributed by atoms with E-state index >= 15 is 0 Å². The molecular formula is C14H13F3N4. The van der Waals surface area contributed by atoms with E-state index in [4.69, 9.17) is 0 Å². The average Bonchev–Trinajstić information content (AvgIpc) is 2.74. The number of alkyl halides is 3. The van der Waals surface area contributed by atoms with Crippen molar-refractivity contribution < 1.29 is 13.2 Å². The molecule has 0 saturated carbocycles. The van der Waals surface area contributed by atoms with Crippen LogP contribution in [0.25, 0.3) is 11.0 Å². The molecule has 0 spiro atoms. The van der Waals surface area contributed by atoms with Gasteiger partial charge in [-0.3, -0.25) is 4.57 Å². The number of benzene rings is 1. The van der Waals surface area contributed by atoms with Crippen LogP contribution in [0.2, 0.25) is 0 Å². The lowest BCUT2D eigenvalue weighted by molar-refractivity contribution is -0.158. The number of likely N-dealkylation sites (N-methyl/N-ethyl adjacent to an activating group) is 1. The number of aliphatic imine (C=N–C) groups is 1. The van der Waals surface area contributed by atoms with Gasteiger partial charge < -0.3 is 4.90 Å². The highest BCUT2D eigenvalue weighted by Crippen LogP contribution is 2.28. The number of imidazole rings is 1. The van der Waals surface area contributed by atoms with Gasteiger partial charge in [0.1, 0.15) is 11.9 Å². The van der Waals surface area contributed by atoms with E-state index in [2.05, 4.69) is 9.98 Å². The SMILES string of the molecule is Cc1nc2ccccc2n1C1=NC=CC(C(F)(F)F)N1C. The molecule has 1 aromatic carbocycles. The van der Waals surface area contributed by atoms with E-state index in [0.717, 1.165) is 22.0 Å². The lowest BCUT2D eigenvalue weighted by Crippen LogP contribution is -2.49. The van der Waals surface area contributed by atoms with Gasteiger partial charge in [-0.2, -0.15) is 13.2 Å². The Morgan fingerprint density at radius 1 is 1.19 bits per heavy atom. The second-order valence-corrected chi connectivity index (χ2v) is 4.85. The van der Waals surface area contributed by atoms with Crippen molar-refractivity contribution in [3.05, 3.63) is 42.4 Å². The minimum atomic E-state index is -4.35. The third kappa shape index (κ3) is 2.18. The van der Waals surface area contributed by atoms with E-state index in [-0.39, 0.29) is 5.96 Å². The lowest BCUT2D eigenvalue weighted by Gasteiger charge is -2.32. The Kier molecular flexibility index (Phi) is 3.00. The fraction of sp³-hybridized carbons (Fsp3) is 0.286. The molecule has 0 aliphatic carbocycles. The Bertz CT molecular complexity index is 742. The maximum Gasteiger partial charge on any atom is 0.412 e. The van der Waals surface area contributed by atoms with Crippen LogP contribution in [0.15, 0.2) is 41.5 Å². The molecule has 0 amide bonds. The van der Waals surface area contributed by atoms with Crippen molar-refractivity contribution in [3.63, 3.8) is 0 Å². The van der Waals surface area contributed by atoms with Crippen molar-refractivity contribution in [1.29, 1.82) is 0 Å². The smallest absolute Gasteiger partial charge is 0.330 e. The predicted octanol–water partition coefficient (Wildman–Crippen LogP) is 2.94. The summed E-state index contributed by atoms with van der Waals surface area (Å²) in [5.74, 6) is 0.809. The van der Waals surface area contributed by atoms with Gasteiger partial charge in [-0.1, -0.05) is 12.1 Å². The van der Waals surface area contributed by atoms with Gasteiger partial charge in [-0.25, -0.2) is 9.98 Å². The molecule has 1 atom stereocenters. The molecule has 21 heavy (non-hydrogen) atoms. The minimum absolute atomic E-state index is 0.214. The highest BCUT2D eigenvalue weighted by atomic mass is 19.4. The molecule has 1 aliphatic heterocycles. The summed E-state index contributed by atoms with van der Waals surface area (Å²) in [7, 11) is 1.38. The van der Waals surface area contributed by atoms with Gasteiger partial charge in [-0.05, 0) is 25.1 Å². The highest BCUT2D eigenvalue weighted by molar-refractivity contribution is 5.93. The molecule has 2 aromatic rings. The monoisotopic (exact) mass is 294 g/mol. The zero-order chi connectivity index (χ0) is 15.2. The first-order chi connectivity index (χ1) is 9.89. The van der Waals surface area contributed by atoms with Crippen molar-refractivity contribution in [2.24, 2.45) is 4.99 Å². The molecule has 2 heterocycles. The Labute approximate surface area is 119 Å². The van der Waals surface area contributed by atoms with Crippen LogP contribution in [-0.4, -0.2) is 39.7 Å². The van der Waals surface area contributed by atoms with Gasteiger partial charge in [0.15, 0.2) is 0 Å². The predicted molar refractivity (Wildman–Crippen MR) is 74.0 cm³/mol. The maximum atomic E-state index is 13.0. The zero-order valence-corrected chi connectivity index (χ0v) is 11.5. The van der Waals surface area contributed by atoms with Crippen molar-refractivity contribution in [1.82, 2.24) is 14.5 Å². The van der Waals surface area contributed by atoms with E-state index < -0.39 is 12.2 Å². The highest BCUT2D eigenvalue weighted by Gasteiger charge is 2.43. The van der Waals surface area contributed by atoms with Crippen LogP contribution in [0.4, 0.5) is 13.2 Å². The van der Waals surface area contributed by atoms with Crippen molar-refractivity contribution in [2.45, 2.75) is 19.1 Å². The number of hydrogen-bond donors (Lipinski definition) is 0. The van der Waals surface area contributed by atoms with Crippen LogP contribution in [-0.2, 0) is 0 Å². The average molecular weight is 294 g/mol. The number of aromatic nitrogens is 2. The summed E-state index contributed by atoms with van der Waals surface area (Å²) in [4.78, 5) is 9.58. The normalized spacial score (nSPS) is 19.2. The van der Waals surface area contributed by atoms with Crippen LogP contribution in [0.5, 0.6) is 0 Å². The van der Waals surface area contributed by atoms with Gasteiger partial charge in [0, 0.05) is 13.2 Å². The van der Waals surface area contributed by atoms with Crippen LogP contribution in [0.3, 0.4) is 0 Å². The summed E-state index contributed by atoms with van der Waals surface area (Å²) in [5, 5.41) is 0. The van der Waals surface area contributed by atoms with Crippen molar-refractivity contribution in [2.75, 3.05) is 7.05 Å². The van der Waals surface area contributed by atoms with Crippen LogP contribution in [0, 0.1) is 6.92 Å². The molecule has 1 unspecified atom stereocenters. The molecule has 0 radical (unpaired) electrons. The largest absolute Gasteiger partial charge is 0.412 e. The van der Waals surface area contributed by atoms with Gasteiger partial charge in [-0.15, -0.1) is 0 Å². The van der Waals surface area contributed by atoms with Gasteiger partial charge in [0.2, 0.25) is 5.96 Å². The summed E-state index contributed by atoms with van der Waals surface area (Å²) < 4.78 is 40.8. The topological polar surface area (TPSA) is 33.4 Å². The van der Waals surface area contributed by atoms with Gasteiger partial charge in [0.05, 0.1) is 11.0 Å². The molecule has 1 aliphatic rings. The summed E-state index contributed by atoms with van der Waals surface area (Å²) in [6.07, 6.45) is -2.11. The second-order valence-electron chi connectivity index (χ2n) is 4.85. The number of para-hydroxylation sites is 2. The van der Waals surface area contributed by atoms with E-state index in [0.29, 0.717) is 5.82 Å². The fourth-order valence-corrected chi connectivity index (χ4v) is 2.48. The quantitative estimate of drug-likeness (QED) is 0.748. The van der Waals surface area contributed by atoms with E-state index in [1.165, 1.54) is 13.2 Å². The first kappa shape index (κ1) is 13.7. The molecular weight excluding hydrogens is 281 g/mol. The molecule has 0 N–H and O–H groups in total. The number of hydrogen-bond acceptors (Lipinski definition) is 3. The first-order valence-corrected chi connectivity index (χ1v) is 6.38. The van der Waals surface area contributed by atoms with Crippen molar-refractivity contribution in [3.8, 4) is 0 Å². The molecule has 110 valence electrons. The van der Waals surface area contributed by atoms with Gasteiger partial charge in [0.25, 0.3) is 0 Å². The number of aryl methyl sites for hydroxylation is 1. The second kappa shape index (κ2) is 4.61. The third-order valence-corrected chi connectivity index (χ3v) is 3.45. The number of fused-ring (bicyclic) bond motifs is 1. The Balaban J connectivity index is 2.13. The molecule has 0 fully saturated rings. The summed E-state index contributed by atoms with van der Waals surface area (Å²) >= 11 is 0. The van der Waals surface area contributed by atoms with E-state index in [9.17, 15) is 13.2 Å². The van der Waals surface area contributed by atoms with Crippen LogP contribution >= 0.6 is 0 Å². The molecule has 0 saturated heterocycles. The summed E-state index contributed by atoms with van der Waals surface area (Å²) in [6, 6.07) is 5.60. The lowest BCUT2D eigenvalue weighted by atomic mass is 10.2. The maximum absolute atomic E-state index is 13.0. The molecule has 4 nitrogen and oxygen atoms in total. The minimum Gasteiger partial charge on any atom is -0.330 e. The Morgan fingerprint density at radius 3 is 2.62 bits per heavy atom. The van der Waals surface area contributed by atoms with Crippen molar-refractivity contribution >= 4 is 17.0 Å². The molecule has 3 rings (SSSR count). The Hall–Kier alpha value is -2.31. The Morgan fingerprint density at radius 2 is 1.90 bits per heavy atom. The zero-order valence-electron chi connectivity index (χ0n) is 11.5. The van der Waals surface area contributed by atoms with Crippen LogP contribution < -0.4 is 0 Å². The van der Waals surface area contributed by atoms with E-state index in [1.54, 1.807) is 11.5 Å². The molecule has 7 heteroatoms. The van der Waals surface area contributed by atoms with Gasteiger partial charge >= 0.3 is 6.18 Å². The fourth-order valence-electron chi connectivity index (χ4n) is 2.48. The standard InChI is InChI=1S/C14H13F3N4/c1-9-19-10-5-3-4-6-11(10)21(9)13-18-8-7-12(20(13)2)14(15,16)17/h3-8,12H,1-2H3. The van der Waals surface area contributed by atoms with E-state index in [1.807, 2.05) is 24.3 Å². The summed E-state index contributed by atoms with van der Waals surface area (Å²) in [5.41, 5.74) is 1.46. The third-order valence-electron chi connectivity index (χ3n) is 3.45. The van der Waals surface area contributed by atoms with Crippen LogP contribution in [0.1, 0.15) is 5.82 Å². The number of nitrogens with zero attached hydrogens (tertiary/aromatic N) is 4. The number of rotatable bonds is 0.